The summed E-state index contributed by atoms with van der Waals surface area (Å²) in [5.74, 6) is 1.04. The van der Waals surface area contributed by atoms with Crippen molar-refractivity contribution < 1.29 is 4.79 Å². The molecule has 0 fully saturated rings. The number of carbonyl (C=O) groups excluding carboxylic acids is 1. The van der Waals surface area contributed by atoms with Crippen LogP contribution in [0.25, 0.3) is 10.9 Å². The average Bonchev–Trinajstić information content (AvgIpc) is 3.00. The molecular weight excluding hydrogens is 226 g/mol. The molecule has 2 aromatic rings. The summed E-state index contributed by atoms with van der Waals surface area (Å²) in [5, 5.41) is 10.9. The predicted octanol–water partition coefficient (Wildman–Crippen LogP) is 2.86. The van der Waals surface area contributed by atoms with Gasteiger partial charge in [-0.1, -0.05) is 24.3 Å². The fourth-order valence-electron chi connectivity index (χ4n) is 2.35. The monoisotopic (exact) mass is 241 g/mol. The quantitative estimate of drug-likeness (QED) is 0.812. The fraction of sp³-hybridized carbons (Fsp3) is 0.286. The Balaban J connectivity index is 1.72. The molecule has 0 radical (unpaired) electrons. The van der Waals surface area contributed by atoms with Gasteiger partial charge in [-0.15, -0.1) is 0 Å². The van der Waals surface area contributed by atoms with Gasteiger partial charge in [-0.05, 0) is 30.9 Å². The van der Waals surface area contributed by atoms with E-state index < -0.39 is 0 Å². The molecule has 4 nitrogen and oxygen atoms in total. The van der Waals surface area contributed by atoms with Crippen molar-refractivity contribution in [2.24, 2.45) is 5.92 Å². The van der Waals surface area contributed by atoms with Crippen molar-refractivity contribution in [3.05, 3.63) is 36.4 Å². The van der Waals surface area contributed by atoms with Crippen molar-refractivity contribution in [2.75, 3.05) is 5.32 Å². The fourth-order valence-corrected chi connectivity index (χ4v) is 2.35. The van der Waals surface area contributed by atoms with Gasteiger partial charge in [0.1, 0.15) is 0 Å². The molecule has 18 heavy (non-hydrogen) atoms. The van der Waals surface area contributed by atoms with Crippen LogP contribution in [0.3, 0.4) is 0 Å². The first-order valence-corrected chi connectivity index (χ1v) is 6.22. The molecule has 1 aromatic carbocycles. The minimum atomic E-state index is 0.0313. The number of hydrogen-bond donors (Lipinski definition) is 2. The normalized spacial score (nSPS) is 18.3. The summed E-state index contributed by atoms with van der Waals surface area (Å²) in [6, 6.07) is 7.77. The molecule has 2 N–H and O–H groups in total. The second kappa shape index (κ2) is 4.64. The van der Waals surface area contributed by atoms with Gasteiger partial charge in [-0.3, -0.25) is 9.89 Å². The van der Waals surface area contributed by atoms with E-state index in [1.807, 2.05) is 24.3 Å². The summed E-state index contributed by atoms with van der Waals surface area (Å²) < 4.78 is 0. The number of rotatable bonds is 3. The molecule has 1 aliphatic rings. The lowest BCUT2D eigenvalue weighted by molar-refractivity contribution is -0.116. The highest BCUT2D eigenvalue weighted by Crippen LogP contribution is 2.23. The zero-order valence-corrected chi connectivity index (χ0v) is 10.0. The molecule has 92 valence electrons. The maximum atomic E-state index is 11.9. The number of nitrogens with zero attached hydrogens (tertiary/aromatic N) is 1. The first kappa shape index (κ1) is 11.0. The van der Waals surface area contributed by atoms with E-state index >= 15 is 0 Å². The Morgan fingerprint density at radius 1 is 1.44 bits per heavy atom. The van der Waals surface area contributed by atoms with Crippen molar-refractivity contribution >= 4 is 22.6 Å². The number of H-pyrrole nitrogens is 1. The molecule has 1 unspecified atom stereocenters. The predicted molar refractivity (Wildman–Crippen MR) is 71.2 cm³/mol. The van der Waals surface area contributed by atoms with Crippen molar-refractivity contribution in [3.8, 4) is 0 Å². The number of allylic oxidation sites excluding steroid dienone is 2. The van der Waals surface area contributed by atoms with Gasteiger partial charge in [-0.25, -0.2) is 0 Å². The lowest BCUT2D eigenvalue weighted by Crippen LogP contribution is -2.15. The average molecular weight is 241 g/mol. The summed E-state index contributed by atoms with van der Waals surface area (Å²) in [7, 11) is 0. The molecule has 0 saturated carbocycles. The Bertz CT molecular complexity index is 600. The topological polar surface area (TPSA) is 57.8 Å². The van der Waals surface area contributed by atoms with Crippen LogP contribution in [0, 0.1) is 5.92 Å². The number of para-hydroxylation sites is 1. The Hall–Kier alpha value is -2.10. The number of nitrogens with one attached hydrogen (secondary N) is 2. The highest BCUT2D eigenvalue weighted by atomic mass is 16.1. The third-order valence-corrected chi connectivity index (χ3v) is 3.29. The Morgan fingerprint density at radius 3 is 3.17 bits per heavy atom. The number of aromatic amines is 1. The minimum Gasteiger partial charge on any atom is -0.309 e. The molecule has 0 aliphatic heterocycles. The van der Waals surface area contributed by atoms with Crippen molar-refractivity contribution in [3.63, 3.8) is 0 Å². The molecular formula is C14H15N3O. The summed E-state index contributed by atoms with van der Waals surface area (Å²) in [6.45, 7) is 0. The van der Waals surface area contributed by atoms with Gasteiger partial charge in [-0.2, -0.15) is 5.10 Å². The van der Waals surface area contributed by atoms with E-state index in [1.54, 1.807) is 0 Å². The van der Waals surface area contributed by atoms with Crippen LogP contribution in [0.5, 0.6) is 0 Å². The maximum absolute atomic E-state index is 11.9. The van der Waals surface area contributed by atoms with Crippen LogP contribution in [0.2, 0.25) is 0 Å². The largest absolute Gasteiger partial charge is 0.309 e. The number of carbonyl (C=O) groups is 1. The van der Waals surface area contributed by atoms with Crippen molar-refractivity contribution in [2.45, 2.75) is 19.3 Å². The Morgan fingerprint density at radius 2 is 2.33 bits per heavy atom. The highest BCUT2D eigenvalue weighted by molar-refractivity contribution is 5.99. The molecule has 0 saturated heterocycles. The van der Waals surface area contributed by atoms with Crippen LogP contribution >= 0.6 is 0 Å². The molecule has 3 rings (SSSR count). The first-order chi connectivity index (χ1) is 8.83. The molecule has 1 aliphatic carbocycles. The number of fused-ring (bicyclic) bond motifs is 1. The van der Waals surface area contributed by atoms with E-state index in [-0.39, 0.29) is 5.91 Å². The number of hydrogen-bond acceptors (Lipinski definition) is 2. The Kier molecular flexibility index (Phi) is 2.84. The molecule has 0 spiro atoms. The van der Waals surface area contributed by atoms with Crippen LogP contribution in [0.15, 0.2) is 36.4 Å². The van der Waals surface area contributed by atoms with E-state index in [2.05, 4.69) is 27.7 Å². The third kappa shape index (κ3) is 2.14. The Labute approximate surface area is 105 Å². The smallest absolute Gasteiger partial charge is 0.226 e. The SMILES string of the molecule is O=C(CC1C=CCC1)Nc1n[nH]c2ccccc12. The molecule has 1 aromatic heterocycles. The van der Waals surface area contributed by atoms with E-state index in [4.69, 9.17) is 0 Å². The van der Waals surface area contributed by atoms with E-state index in [0.29, 0.717) is 18.2 Å². The second-order valence-corrected chi connectivity index (χ2v) is 4.64. The maximum Gasteiger partial charge on any atom is 0.226 e. The number of anilines is 1. The van der Waals surface area contributed by atoms with Gasteiger partial charge in [0.25, 0.3) is 0 Å². The molecule has 1 heterocycles. The molecule has 0 bridgehead atoms. The summed E-state index contributed by atoms with van der Waals surface area (Å²) >= 11 is 0. The van der Waals surface area contributed by atoms with Crippen molar-refractivity contribution in [1.29, 1.82) is 0 Å². The van der Waals surface area contributed by atoms with Gasteiger partial charge >= 0.3 is 0 Å². The van der Waals surface area contributed by atoms with Crippen LogP contribution in [-0.2, 0) is 4.79 Å². The highest BCUT2D eigenvalue weighted by Gasteiger charge is 2.15. The van der Waals surface area contributed by atoms with Crippen LogP contribution < -0.4 is 5.32 Å². The lowest BCUT2D eigenvalue weighted by Gasteiger charge is -2.06. The second-order valence-electron chi connectivity index (χ2n) is 4.64. The van der Waals surface area contributed by atoms with E-state index in [0.717, 1.165) is 23.7 Å². The van der Waals surface area contributed by atoms with Gasteiger partial charge < -0.3 is 5.32 Å². The zero-order valence-electron chi connectivity index (χ0n) is 10.0. The van der Waals surface area contributed by atoms with Crippen LogP contribution in [-0.4, -0.2) is 16.1 Å². The van der Waals surface area contributed by atoms with Gasteiger partial charge in [0, 0.05) is 11.8 Å². The summed E-state index contributed by atoms with van der Waals surface area (Å²) in [4.78, 5) is 11.9. The number of benzene rings is 1. The van der Waals surface area contributed by atoms with E-state index in [1.165, 1.54) is 0 Å². The number of amides is 1. The third-order valence-electron chi connectivity index (χ3n) is 3.29. The van der Waals surface area contributed by atoms with Gasteiger partial charge in [0.05, 0.1) is 5.52 Å². The van der Waals surface area contributed by atoms with Crippen molar-refractivity contribution in [1.82, 2.24) is 10.2 Å². The molecule has 4 heteroatoms. The minimum absolute atomic E-state index is 0.0313. The molecule has 1 atom stereocenters. The molecule has 1 amide bonds. The van der Waals surface area contributed by atoms with Crippen LogP contribution in [0.1, 0.15) is 19.3 Å². The summed E-state index contributed by atoms with van der Waals surface area (Å²) in [5.41, 5.74) is 0.938. The van der Waals surface area contributed by atoms with Crippen LogP contribution in [0.4, 0.5) is 5.82 Å². The standard InChI is InChI=1S/C14H15N3O/c18-13(9-10-5-1-2-6-10)15-14-11-7-3-4-8-12(11)16-17-14/h1,3-5,7-8,10H,2,6,9H2,(H2,15,16,17,18). The summed E-state index contributed by atoms with van der Waals surface area (Å²) in [6.07, 6.45) is 6.97. The number of aromatic nitrogens is 2. The first-order valence-electron chi connectivity index (χ1n) is 6.22. The van der Waals surface area contributed by atoms with E-state index in [9.17, 15) is 4.79 Å². The zero-order chi connectivity index (χ0) is 12.4. The lowest BCUT2D eigenvalue weighted by atomic mass is 10.1. The van der Waals surface area contributed by atoms with Gasteiger partial charge in [0.15, 0.2) is 5.82 Å². The van der Waals surface area contributed by atoms with Gasteiger partial charge in [0.2, 0.25) is 5.91 Å².